The zero-order chi connectivity index (χ0) is 13.8. The summed E-state index contributed by atoms with van der Waals surface area (Å²) in [5, 5.41) is 3.04. The highest BCUT2D eigenvalue weighted by Gasteiger charge is 2.17. The average Bonchev–Trinajstić information content (AvgIpc) is 3.05. The van der Waals surface area contributed by atoms with Crippen LogP contribution in [-0.4, -0.2) is 24.4 Å². The number of thiophene rings is 1. The normalized spacial score (nSPS) is 12.4. The molecule has 0 saturated heterocycles. The molecule has 2 rings (SSSR count). The Morgan fingerprint density at radius 3 is 2.84 bits per heavy atom. The van der Waals surface area contributed by atoms with Crippen LogP contribution in [0.15, 0.2) is 17.5 Å². The number of carbonyl (C=O) groups is 1. The molecule has 0 spiro atoms. The lowest BCUT2D eigenvalue weighted by molar-refractivity contribution is 0.112. The smallest absolute Gasteiger partial charge is 0.186 e. The van der Waals surface area contributed by atoms with Gasteiger partial charge < -0.3 is 4.90 Å². The van der Waals surface area contributed by atoms with Crippen molar-refractivity contribution in [3.05, 3.63) is 33.0 Å². The molecule has 0 amide bonds. The van der Waals surface area contributed by atoms with E-state index in [1.165, 1.54) is 16.2 Å². The van der Waals surface area contributed by atoms with Crippen LogP contribution in [-0.2, 0) is 12.8 Å². The van der Waals surface area contributed by atoms with Crippen molar-refractivity contribution in [3.8, 4) is 0 Å². The molecule has 0 fully saturated rings. The van der Waals surface area contributed by atoms with Gasteiger partial charge in [-0.1, -0.05) is 24.3 Å². The van der Waals surface area contributed by atoms with Gasteiger partial charge in [-0.3, -0.25) is 4.79 Å². The number of aryl methyl sites for hydroxylation is 1. The van der Waals surface area contributed by atoms with E-state index in [-0.39, 0.29) is 0 Å². The molecule has 102 valence electrons. The summed E-state index contributed by atoms with van der Waals surface area (Å²) in [6, 6.07) is 4.61. The van der Waals surface area contributed by atoms with Crippen molar-refractivity contribution >= 4 is 34.1 Å². The SMILES string of the molecule is CCc1nc(N(C)C(C)Cc2cccs2)sc1C=O. The molecule has 0 N–H and O–H groups in total. The number of likely N-dealkylation sites (N-methyl/N-ethyl adjacent to an activating group) is 1. The van der Waals surface area contributed by atoms with Gasteiger partial charge in [0.25, 0.3) is 0 Å². The number of nitrogens with zero attached hydrogens (tertiary/aromatic N) is 2. The minimum Gasteiger partial charge on any atom is -0.348 e. The van der Waals surface area contributed by atoms with Crippen LogP contribution in [0.2, 0.25) is 0 Å². The molecule has 0 aliphatic heterocycles. The van der Waals surface area contributed by atoms with Crippen LogP contribution in [0.25, 0.3) is 0 Å². The van der Waals surface area contributed by atoms with Crippen molar-refractivity contribution in [2.75, 3.05) is 11.9 Å². The predicted octanol–water partition coefficient (Wildman–Crippen LogP) is 3.65. The first-order valence-corrected chi connectivity index (χ1v) is 8.05. The van der Waals surface area contributed by atoms with Gasteiger partial charge in [0.1, 0.15) is 0 Å². The van der Waals surface area contributed by atoms with Crippen LogP contribution >= 0.6 is 22.7 Å². The van der Waals surface area contributed by atoms with E-state index in [2.05, 4.69) is 34.3 Å². The highest BCUT2D eigenvalue weighted by atomic mass is 32.1. The van der Waals surface area contributed by atoms with Gasteiger partial charge >= 0.3 is 0 Å². The fourth-order valence-electron chi connectivity index (χ4n) is 1.89. The zero-order valence-corrected chi connectivity index (χ0v) is 13.1. The van der Waals surface area contributed by atoms with Gasteiger partial charge in [-0.05, 0) is 24.8 Å². The Morgan fingerprint density at radius 1 is 1.53 bits per heavy atom. The molecule has 0 bridgehead atoms. The van der Waals surface area contributed by atoms with Gasteiger partial charge in [-0.15, -0.1) is 11.3 Å². The molecule has 1 unspecified atom stereocenters. The molecule has 0 radical (unpaired) electrons. The van der Waals surface area contributed by atoms with Crippen LogP contribution < -0.4 is 4.90 Å². The predicted molar refractivity (Wildman–Crippen MR) is 82.8 cm³/mol. The lowest BCUT2D eigenvalue weighted by Gasteiger charge is -2.23. The summed E-state index contributed by atoms with van der Waals surface area (Å²) in [4.78, 5) is 19.9. The summed E-state index contributed by atoms with van der Waals surface area (Å²) in [6.45, 7) is 4.22. The monoisotopic (exact) mass is 294 g/mol. The van der Waals surface area contributed by atoms with E-state index < -0.39 is 0 Å². The summed E-state index contributed by atoms with van der Waals surface area (Å²) in [5.74, 6) is 0. The first kappa shape index (κ1) is 14.2. The third-order valence-corrected chi connectivity index (χ3v) is 5.21. The summed E-state index contributed by atoms with van der Waals surface area (Å²) in [5.41, 5.74) is 0.908. The average molecular weight is 294 g/mol. The second-order valence-corrected chi connectivity index (χ2v) is 6.56. The molecule has 2 aromatic heterocycles. The van der Waals surface area contributed by atoms with E-state index >= 15 is 0 Å². The van der Waals surface area contributed by atoms with E-state index in [9.17, 15) is 4.79 Å². The number of hydrogen-bond acceptors (Lipinski definition) is 5. The molecular weight excluding hydrogens is 276 g/mol. The Hall–Kier alpha value is -1.20. The van der Waals surface area contributed by atoms with E-state index in [0.29, 0.717) is 6.04 Å². The first-order chi connectivity index (χ1) is 9.15. The molecule has 2 heterocycles. The molecule has 3 nitrogen and oxygen atoms in total. The first-order valence-electron chi connectivity index (χ1n) is 6.35. The Balaban J connectivity index is 2.12. The van der Waals surface area contributed by atoms with Crippen molar-refractivity contribution in [1.29, 1.82) is 0 Å². The molecule has 2 aromatic rings. The van der Waals surface area contributed by atoms with Gasteiger partial charge in [0.2, 0.25) is 0 Å². The molecule has 19 heavy (non-hydrogen) atoms. The van der Waals surface area contributed by atoms with Crippen LogP contribution in [0, 0.1) is 0 Å². The maximum atomic E-state index is 11.0. The zero-order valence-electron chi connectivity index (χ0n) is 11.4. The lowest BCUT2D eigenvalue weighted by atomic mass is 10.2. The van der Waals surface area contributed by atoms with Gasteiger partial charge in [-0.25, -0.2) is 4.98 Å². The van der Waals surface area contributed by atoms with E-state index in [0.717, 1.165) is 34.8 Å². The Bertz CT molecular complexity index is 534. The Morgan fingerprint density at radius 2 is 2.32 bits per heavy atom. The van der Waals surface area contributed by atoms with Gasteiger partial charge in [0.15, 0.2) is 11.4 Å². The summed E-state index contributed by atoms with van der Waals surface area (Å²) >= 11 is 3.26. The van der Waals surface area contributed by atoms with E-state index in [1.807, 2.05) is 14.0 Å². The van der Waals surface area contributed by atoms with Crippen molar-refractivity contribution in [3.63, 3.8) is 0 Å². The number of anilines is 1. The third kappa shape index (κ3) is 3.22. The van der Waals surface area contributed by atoms with E-state index in [1.54, 1.807) is 11.3 Å². The summed E-state index contributed by atoms with van der Waals surface area (Å²) in [7, 11) is 2.05. The molecule has 0 aliphatic carbocycles. The fraction of sp³-hybridized carbons (Fsp3) is 0.429. The second-order valence-electron chi connectivity index (χ2n) is 4.52. The fourth-order valence-corrected chi connectivity index (χ4v) is 3.75. The quantitative estimate of drug-likeness (QED) is 0.763. The van der Waals surface area contributed by atoms with Gasteiger partial charge in [0.05, 0.1) is 10.6 Å². The molecular formula is C14H18N2OS2. The maximum absolute atomic E-state index is 11.0. The van der Waals surface area contributed by atoms with Crippen LogP contribution in [0.3, 0.4) is 0 Å². The highest BCUT2D eigenvalue weighted by molar-refractivity contribution is 7.17. The molecule has 0 aliphatic rings. The van der Waals surface area contributed by atoms with Crippen LogP contribution in [0.5, 0.6) is 0 Å². The van der Waals surface area contributed by atoms with Crippen molar-refractivity contribution in [1.82, 2.24) is 4.98 Å². The summed E-state index contributed by atoms with van der Waals surface area (Å²) in [6.07, 6.45) is 2.72. The highest BCUT2D eigenvalue weighted by Crippen LogP contribution is 2.27. The molecule has 1 atom stereocenters. The van der Waals surface area contributed by atoms with Crippen molar-refractivity contribution in [2.24, 2.45) is 0 Å². The number of carbonyl (C=O) groups excluding carboxylic acids is 1. The third-order valence-electron chi connectivity index (χ3n) is 3.20. The Labute approximate surface area is 121 Å². The minimum atomic E-state index is 0.369. The number of aldehydes is 1. The van der Waals surface area contributed by atoms with Crippen LogP contribution in [0.1, 0.15) is 34.1 Å². The minimum absolute atomic E-state index is 0.369. The van der Waals surface area contributed by atoms with Crippen molar-refractivity contribution < 1.29 is 4.79 Å². The maximum Gasteiger partial charge on any atom is 0.186 e. The number of rotatable bonds is 6. The number of aromatic nitrogens is 1. The largest absolute Gasteiger partial charge is 0.348 e. The number of thiazole rings is 1. The topological polar surface area (TPSA) is 33.2 Å². The second kappa shape index (κ2) is 6.30. The Kier molecular flexibility index (Phi) is 4.71. The molecule has 0 saturated carbocycles. The van der Waals surface area contributed by atoms with Crippen LogP contribution in [0.4, 0.5) is 5.13 Å². The standard InChI is InChI=1S/C14H18N2OS2/c1-4-12-13(9-17)19-14(15-12)16(3)10(2)8-11-6-5-7-18-11/h5-7,9-10H,4,8H2,1-3H3. The lowest BCUT2D eigenvalue weighted by Crippen LogP contribution is -2.30. The van der Waals surface area contributed by atoms with E-state index in [4.69, 9.17) is 0 Å². The van der Waals surface area contributed by atoms with Gasteiger partial charge in [0, 0.05) is 24.4 Å². The number of hydrogen-bond donors (Lipinski definition) is 0. The summed E-state index contributed by atoms with van der Waals surface area (Å²) < 4.78 is 0. The molecule has 0 aromatic carbocycles. The molecule has 5 heteroatoms. The van der Waals surface area contributed by atoms with Crippen molar-refractivity contribution in [2.45, 2.75) is 32.7 Å². The van der Waals surface area contributed by atoms with Gasteiger partial charge in [-0.2, -0.15) is 0 Å².